The van der Waals surface area contributed by atoms with Crippen LogP contribution in [0.25, 0.3) is 0 Å². The molecule has 3 N–H and O–H groups in total. The highest BCUT2D eigenvalue weighted by molar-refractivity contribution is 5.89. The van der Waals surface area contributed by atoms with Gasteiger partial charge in [-0.25, -0.2) is 4.79 Å². The average molecular weight is 316 g/mol. The number of halogens is 3. The normalized spacial score (nSPS) is 16.4. The molecule has 122 valence electrons. The number of carbonyl (C=O) groups excluding carboxylic acids is 1. The van der Waals surface area contributed by atoms with Crippen molar-refractivity contribution < 1.29 is 23.1 Å². The van der Waals surface area contributed by atoms with E-state index in [4.69, 9.17) is 5.11 Å². The molecule has 0 aliphatic heterocycles. The van der Waals surface area contributed by atoms with Gasteiger partial charge in [0.1, 0.15) is 0 Å². The van der Waals surface area contributed by atoms with E-state index in [-0.39, 0.29) is 17.3 Å². The molecule has 0 aromatic heterocycles. The van der Waals surface area contributed by atoms with Gasteiger partial charge in [-0.15, -0.1) is 0 Å². The second kappa shape index (κ2) is 7.00. The van der Waals surface area contributed by atoms with E-state index in [0.717, 1.165) is 44.2 Å². The maximum Gasteiger partial charge on any atom is 0.416 e. The van der Waals surface area contributed by atoms with E-state index in [9.17, 15) is 18.0 Å². The largest absolute Gasteiger partial charge is 0.416 e. The molecule has 22 heavy (non-hydrogen) atoms. The first-order valence-electron chi connectivity index (χ1n) is 7.28. The number of anilines is 1. The van der Waals surface area contributed by atoms with Gasteiger partial charge in [-0.2, -0.15) is 13.2 Å². The number of nitrogens with one attached hydrogen (secondary N) is 2. The fourth-order valence-electron chi connectivity index (χ4n) is 2.62. The lowest BCUT2D eigenvalue weighted by Crippen LogP contribution is -2.39. The third kappa shape index (κ3) is 4.62. The van der Waals surface area contributed by atoms with Gasteiger partial charge in [0.05, 0.1) is 12.2 Å². The van der Waals surface area contributed by atoms with Crippen LogP contribution in [0.4, 0.5) is 23.7 Å². The summed E-state index contributed by atoms with van der Waals surface area (Å²) in [7, 11) is 0. The van der Waals surface area contributed by atoms with Crippen LogP contribution in [0, 0.1) is 0 Å². The van der Waals surface area contributed by atoms with E-state index >= 15 is 0 Å². The standard InChI is InChI=1S/C15H19F3N2O2/c16-15(17,18)11-6-10(9-21)7-13(8-11)20-14(22)19-12-4-2-1-3-5-12/h6-8,12,21H,1-5,9H2,(H2,19,20,22). The topological polar surface area (TPSA) is 61.4 Å². The Labute approximate surface area is 126 Å². The minimum absolute atomic E-state index is 0.0205. The summed E-state index contributed by atoms with van der Waals surface area (Å²) in [6.45, 7) is -0.525. The first kappa shape index (κ1) is 16.6. The Morgan fingerprint density at radius 3 is 2.45 bits per heavy atom. The van der Waals surface area contributed by atoms with Gasteiger partial charge >= 0.3 is 12.2 Å². The molecule has 0 radical (unpaired) electrons. The molecule has 0 bridgehead atoms. The van der Waals surface area contributed by atoms with Crippen molar-refractivity contribution in [2.45, 2.75) is 50.9 Å². The second-order valence-electron chi connectivity index (χ2n) is 5.51. The maximum atomic E-state index is 12.8. The van der Waals surface area contributed by atoms with Crippen LogP contribution in [0.15, 0.2) is 18.2 Å². The molecule has 1 aliphatic carbocycles. The number of hydrogen-bond donors (Lipinski definition) is 3. The molecule has 4 nitrogen and oxygen atoms in total. The van der Waals surface area contributed by atoms with Crippen molar-refractivity contribution in [3.05, 3.63) is 29.3 Å². The molecule has 0 unspecified atom stereocenters. The predicted molar refractivity (Wildman–Crippen MR) is 76.4 cm³/mol. The monoisotopic (exact) mass is 316 g/mol. The van der Waals surface area contributed by atoms with Crippen molar-refractivity contribution in [2.24, 2.45) is 0 Å². The number of alkyl halides is 3. The molecule has 2 amide bonds. The third-order valence-electron chi connectivity index (χ3n) is 3.70. The number of hydrogen-bond acceptors (Lipinski definition) is 2. The molecule has 7 heteroatoms. The summed E-state index contributed by atoms with van der Waals surface area (Å²) in [6.07, 6.45) is 0.483. The van der Waals surface area contributed by atoms with Crippen LogP contribution in [0.2, 0.25) is 0 Å². The van der Waals surface area contributed by atoms with E-state index in [0.29, 0.717) is 0 Å². The van der Waals surface area contributed by atoms with Gasteiger partial charge in [0.25, 0.3) is 0 Å². The van der Waals surface area contributed by atoms with Gasteiger partial charge in [-0.3, -0.25) is 0 Å². The first-order chi connectivity index (χ1) is 10.4. The van der Waals surface area contributed by atoms with E-state index in [1.807, 2.05) is 0 Å². The molecule has 0 atom stereocenters. The Kier molecular flexibility index (Phi) is 5.28. The number of carbonyl (C=O) groups is 1. The molecule has 0 saturated heterocycles. The van der Waals surface area contributed by atoms with Crippen molar-refractivity contribution >= 4 is 11.7 Å². The molecule has 1 aromatic rings. The lowest BCUT2D eigenvalue weighted by molar-refractivity contribution is -0.137. The fourth-order valence-corrected chi connectivity index (χ4v) is 2.62. The van der Waals surface area contributed by atoms with Crippen LogP contribution in [0.5, 0.6) is 0 Å². The quantitative estimate of drug-likeness (QED) is 0.797. The van der Waals surface area contributed by atoms with Gasteiger partial charge in [0, 0.05) is 11.7 Å². The number of aliphatic hydroxyl groups is 1. The van der Waals surface area contributed by atoms with Crippen LogP contribution in [0.3, 0.4) is 0 Å². The molecular weight excluding hydrogens is 297 g/mol. The summed E-state index contributed by atoms with van der Waals surface area (Å²) in [5.74, 6) is 0. The number of rotatable bonds is 3. The number of amides is 2. The van der Waals surface area contributed by atoms with Crippen LogP contribution in [-0.4, -0.2) is 17.2 Å². The predicted octanol–water partition coefficient (Wildman–Crippen LogP) is 3.65. The smallest absolute Gasteiger partial charge is 0.392 e. The van der Waals surface area contributed by atoms with E-state index in [1.54, 1.807) is 0 Å². The minimum atomic E-state index is -4.53. The Balaban J connectivity index is 2.06. The fraction of sp³-hybridized carbons (Fsp3) is 0.533. The molecule has 1 fully saturated rings. The van der Waals surface area contributed by atoms with Crippen LogP contribution < -0.4 is 10.6 Å². The molecule has 1 saturated carbocycles. The molecule has 0 spiro atoms. The van der Waals surface area contributed by atoms with Crippen LogP contribution in [0.1, 0.15) is 43.2 Å². The summed E-state index contributed by atoms with van der Waals surface area (Å²) in [6, 6.07) is 2.60. The average Bonchev–Trinajstić information content (AvgIpc) is 2.46. The summed E-state index contributed by atoms with van der Waals surface area (Å²) >= 11 is 0. The summed E-state index contributed by atoms with van der Waals surface area (Å²) in [4.78, 5) is 11.9. The zero-order valence-electron chi connectivity index (χ0n) is 12.0. The van der Waals surface area contributed by atoms with Crippen molar-refractivity contribution in [3.8, 4) is 0 Å². The molecule has 2 rings (SSSR count). The number of aliphatic hydroxyl groups excluding tert-OH is 1. The minimum Gasteiger partial charge on any atom is -0.392 e. The van der Waals surface area contributed by atoms with Gasteiger partial charge in [-0.1, -0.05) is 19.3 Å². The second-order valence-corrected chi connectivity index (χ2v) is 5.51. The summed E-state index contributed by atoms with van der Waals surface area (Å²) in [5, 5.41) is 14.2. The number of benzene rings is 1. The lowest BCUT2D eigenvalue weighted by atomic mass is 9.96. The lowest BCUT2D eigenvalue weighted by Gasteiger charge is -2.23. The first-order valence-corrected chi connectivity index (χ1v) is 7.28. The van der Waals surface area contributed by atoms with Gasteiger partial charge < -0.3 is 15.7 Å². The Hall–Kier alpha value is -1.76. The zero-order chi connectivity index (χ0) is 16.2. The van der Waals surface area contributed by atoms with Crippen molar-refractivity contribution in [3.63, 3.8) is 0 Å². The van der Waals surface area contributed by atoms with Crippen molar-refractivity contribution in [1.29, 1.82) is 0 Å². The Morgan fingerprint density at radius 1 is 1.18 bits per heavy atom. The molecule has 1 aliphatic rings. The van der Waals surface area contributed by atoms with Crippen molar-refractivity contribution in [2.75, 3.05) is 5.32 Å². The Bertz CT molecular complexity index is 526. The Morgan fingerprint density at radius 2 is 1.86 bits per heavy atom. The highest BCUT2D eigenvalue weighted by Gasteiger charge is 2.31. The SMILES string of the molecule is O=C(Nc1cc(CO)cc(C(F)(F)F)c1)NC1CCCCC1. The summed E-state index contributed by atoms with van der Waals surface area (Å²) < 4.78 is 38.4. The van der Waals surface area contributed by atoms with Crippen molar-refractivity contribution in [1.82, 2.24) is 5.32 Å². The van der Waals surface area contributed by atoms with Gasteiger partial charge in [-0.05, 0) is 36.6 Å². The zero-order valence-corrected chi connectivity index (χ0v) is 12.0. The highest BCUT2D eigenvalue weighted by Crippen LogP contribution is 2.32. The van der Waals surface area contributed by atoms with Crippen LogP contribution in [-0.2, 0) is 12.8 Å². The van der Waals surface area contributed by atoms with Gasteiger partial charge in [0.15, 0.2) is 0 Å². The number of urea groups is 1. The highest BCUT2D eigenvalue weighted by atomic mass is 19.4. The van der Waals surface area contributed by atoms with Crippen LogP contribution >= 0.6 is 0 Å². The maximum absolute atomic E-state index is 12.8. The summed E-state index contributed by atoms with van der Waals surface area (Å²) in [5.41, 5.74) is -0.776. The van der Waals surface area contributed by atoms with Gasteiger partial charge in [0.2, 0.25) is 0 Å². The van der Waals surface area contributed by atoms with E-state index < -0.39 is 24.4 Å². The molecule has 0 heterocycles. The molecular formula is C15H19F3N2O2. The molecule has 1 aromatic carbocycles. The van der Waals surface area contributed by atoms with E-state index in [1.165, 1.54) is 6.07 Å². The van der Waals surface area contributed by atoms with E-state index in [2.05, 4.69) is 10.6 Å². The third-order valence-corrected chi connectivity index (χ3v) is 3.70.